The third-order valence-electron chi connectivity index (χ3n) is 4.79. The number of carbonyl (C=O) groups excluding carboxylic acids is 1. The number of aryl methyl sites for hydroxylation is 2. The van der Waals surface area contributed by atoms with Crippen molar-refractivity contribution in [3.8, 4) is 0 Å². The van der Waals surface area contributed by atoms with E-state index < -0.39 is 0 Å². The molecule has 1 aromatic heterocycles. The lowest BCUT2D eigenvalue weighted by Gasteiger charge is -2.22. The number of thiazole rings is 1. The van der Waals surface area contributed by atoms with Crippen molar-refractivity contribution in [3.63, 3.8) is 0 Å². The molecular formula is C22H25ClN3OS+. The minimum atomic E-state index is -0.0354. The Labute approximate surface area is 175 Å². The number of aromatic nitrogens is 1. The Bertz CT molecular complexity index is 965. The van der Waals surface area contributed by atoms with Crippen LogP contribution >= 0.6 is 22.9 Å². The minimum absolute atomic E-state index is 0.0354. The second-order valence-electron chi connectivity index (χ2n) is 6.97. The summed E-state index contributed by atoms with van der Waals surface area (Å²) in [6.07, 6.45) is 0. The molecule has 0 unspecified atom stereocenters. The number of rotatable bonds is 6. The van der Waals surface area contributed by atoms with Crippen LogP contribution in [-0.2, 0) is 11.3 Å². The summed E-state index contributed by atoms with van der Waals surface area (Å²) < 4.78 is 0. The fraction of sp³-hybridized carbons (Fsp3) is 0.273. The number of hydrogen-bond acceptors (Lipinski definition) is 3. The second-order valence-corrected chi connectivity index (χ2v) is 8.21. The molecule has 0 bridgehead atoms. The van der Waals surface area contributed by atoms with Crippen LogP contribution in [0.15, 0.2) is 47.8 Å². The van der Waals surface area contributed by atoms with Crippen LogP contribution < -0.4 is 10.2 Å². The molecule has 6 heteroatoms. The summed E-state index contributed by atoms with van der Waals surface area (Å²) in [4.78, 5) is 18.9. The quantitative estimate of drug-likeness (QED) is 0.622. The lowest BCUT2D eigenvalue weighted by atomic mass is 10.1. The molecule has 0 aliphatic carbocycles. The van der Waals surface area contributed by atoms with Gasteiger partial charge in [-0.15, -0.1) is 11.3 Å². The molecule has 0 aliphatic heterocycles. The van der Waals surface area contributed by atoms with Gasteiger partial charge in [-0.3, -0.25) is 9.69 Å². The van der Waals surface area contributed by atoms with E-state index in [0.717, 1.165) is 39.6 Å². The van der Waals surface area contributed by atoms with Gasteiger partial charge in [0.1, 0.15) is 18.3 Å². The summed E-state index contributed by atoms with van der Waals surface area (Å²) >= 11 is 7.80. The summed E-state index contributed by atoms with van der Waals surface area (Å²) in [7, 11) is 0. The van der Waals surface area contributed by atoms with E-state index >= 15 is 0 Å². The van der Waals surface area contributed by atoms with Gasteiger partial charge in [0, 0.05) is 22.9 Å². The summed E-state index contributed by atoms with van der Waals surface area (Å²) in [6.45, 7) is 8.48. The molecular weight excluding hydrogens is 390 g/mol. The lowest BCUT2D eigenvalue weighted by molar-refractivity contribution is -0.708. The largest absolute Gasteiger partial charge is 0.335 e. The van der Waals surface area contributed by atoms with E-state index in [9.17, 15) is 4.79 Å². The van der Waals surface area contributed by atoms with Gasteiger partial charge in [-0.1, -0.05) is 48.0 Å². The van der Waals surface area contributed by atoms with Crippen molar-refractivity contribution >= 4 is 39.7 Å². The molecule has 2 aromatic carbocycles. The number of hydrogen-bond donors (Lipinski definition) is 1. The number of nitrogens with two attached hydrogens (primary N) is 1. The molecule has 1 heterocycles. The van der Waals surface area contributed by atoms with Gasteiger partial charge < -0.3 is 5.32 Å². The van der Waals surface area contributed by atoms with Gasteiger partial charge in [-0.05, 0) is 38.0 Å². The average Bonchev–Trinajstić information content (AvgIpc) is 3.11. The van der Waals surface area contributed by atoms with Crippen molar-refractivity contribution in [2.45, 2.75) is 40.3 Å². The number of anilines is 2. The van der Waals surface area contributed by atoms with E-state index in [-0.39, 0.29) is 11.9 Å². The summed E-state index contributed by atoms with van der Waals surface area (Å²) in [5.74, 6) is -0.0354. The van der Waals surface area contributed by atoms with Gasteiger partial charge in [0.2, 0.25) is 5.91 Å². The molecule has 0 spiro atoms. The second kappa shape index (κ2) is 8.86. The van der Waals surface area contributed by atoms with Crippen molar-refractivity contribution in [3.05, 3.63) is 75.3 Å². The molecule has 146 valence electrons. The first kappa shape index (κ1) is 20.5. The molecule has 1 atom stereocenters. The van der Waals surface area contributed by atoms with E-state index in [4.69, 9.17) is 16.6 Å². The van der Waals surface area contributed by atoms with E-state index in [2.05, 4.69) is 18.3 Å². The standard InChI is InChI=1S/C22H24ClN3OS/c1-14-8-7-9-15(2)21(14)26(17(4)27)22-25-18(13-28-22)12-24-16(3)19-10-5-6-11-20(19)23/h5-11,13,16,24H,12H2,1-4H3/p+1/t16-/m0/s1. The molecule has 3 rings (SSSR count). The van der Waals surface area contributed by atoms with Gasteiger partial charge in [0.15, 0.2) is 5.13 Å². The summed E-state index contributed by atoms with van der Waals surface area (Å²) in [6, 6.07) is 14.2. The first-order valence-electron chi connectivity index (χ1n) is 9.27. The highest BCUT2D eigenvalue weighted by Crippen LogP contribution is 2.33. The summed E-state index contributed by atoms with van der Waals surface area (Å²) in [5, 5.41) is 5.72. The van der Waals surface area contributed by atoms with E-state index in [1.807, 2.05) is 55.6 Å². The number of benzene rings is 2. The van der Waals surface area contributed by atoms with Gasteiger partial charge in [0.25, 0.3) is 0 Å². The Morgan fingerprint density at radius 1 is 1.18 bits per heavy atom. The van der Waals surface area contributed by atoms with Crippen molar-refractivity contribution in [1.29, 1.82) is 0 Å². The minimum Gasteiger partial charge on any atom is -0.335 e. The Kier molecular flexibility index (Phi) is 6.50. The van der Waals surface area contributed by atoms with Gasteiger partial charge in [-0.2, -0.15) is 0 Å². The number of quaternary nitrogens is 1. The Morgan fingerprint density at radius 3 is 2.50 bits per heavy atom. The number of carbonyl (C=O) groups is 1. The van der Waals surface area contributed by atoms with Crippen molar-refractivity contribution in [1.82, 2.24) is 4.98 Å². The Morgan fingerprint density at radius 2 is 1.86 bits per heavy atom. The Balaban J connectivity index is 1.78. The van der Waals surface area contributed by atoms with Gasteiger partial charge in [0.05, 0.1) is 5.69 Å². The maximum Gasteiger partial charge on any atom is 0.230 e. The number of halogens is 1. The fourth-order valence-electron chi connectivity index (χ4n) is 3.31. The SMILES string of the molecule is CC(=O)N(c1nc(C[NH2+][C@@H](C)c2ccccc2Cl)cs1)c1c(C)cccc1C. The molecule has 0 saturated heterocycles. The van der Waals surface area contributed by atoms with Gasteiger partial charge in [-0.25, -0.2) is 4.98 Å². The van der Waals surface area contributed by atoms with Crippen molar-refractivity contribution in [2.24, 2.45) is 0 Å². The lowest BCUT2D eigenvalue weighted by Crippen LogP contribution is -2.83. The molecule has 3 aromatic rings. The highest BCUT2D eigenvalue weighted by Gasteiger charge is 2.22. The third kappa shape index (κ3) is 4.43. The first-order chi connectivity index (χ1) is 13.4. The van der Waals surface area contributed by atoms with E-state index in [0.29, 0.717) is 5.13 Å². The van der Waals surface area contributed by atoms with Gasteiger partial charge >= 0.3 is 0 Å². The molecule has 2 N–H and O–H groups in total. The topological polar surface area (TPSA) is 49.8 Å². The van der Waals surface area contributed by atoms with Crippen LogP contribution in [-0.4, -0.2) is 10.9 Å². The molecule has 28 heavy (non-hydrogen) atoms. The highest BCUT2D eigenvalue weighted by atomic mass is 35.5. The van der Waals surface area contributed by atoms with E-state index in [1.165, 1.54) is 11.3 Å². The maximum absolute atomic E-state index is 12.4. The van der Waals surface area contributed by atoms with Crippen LogP contribution in [0.4, 0.5) is 10.8 Å². The van der Waals surface area contributed by atoms with Crippen molar-refractivity contribution in [2.75, 3.05) is 4.90 Å². The summed E-state index contributed by atoms with van der Waals surface area (Å²) in [5.41, 5.74) is 5.11. The molecule has 0 radical (unpaired) electrons. The van der Waals surface area contributed by atoms with Crippen LogP contribution in [0, 0.1) is 13.8 Å². The molecule has 0 aliphatic rings. The van der Waals surface area contributed by atoms with Crippen molar-refractivity contribution < 1.29 is 10.1 Å². The number of para-hydroxylation sites is 1. The third-order valence-corrected chi connectivity index (χ3v) is 6.00. The molecule has 1 amide bonds. The predicted molar refractivity (Wildman–Crippen MR) is 116 cm³/mol. The number of nitrogens with zero attached hydrogens (tertiary/aromatic N) is 2. The fourth-order valence-corrected chi connectivity index (χ4v) is 4.50. The zero-order valence-corrected chi connectivity index (χ0v) is 18.1. The first-order valence-corrected chi connectivity index (χ1v) is 10.5. The zero-order chi connectivity index (χ0) is 20.3. The smallest absolute Gasteiger partial charge is 0.230 e. The monoisotopic (exact) mass is 414 g/mol. The molecule has 0 fully saturated rings. The molecule has 0 saturated carbocycles. The average molecular weight is 415 g/mol. The van der Waals surface area contributed by atoms with Crippen LogP contribution in [0.25, 0.3) is 0 Å². The van der Waals surface area contributed by atoms with Crippen LogP contribution in [0.2, 0.25) is 5.02 Å². The number of amides is 1. The zero-order valence-electron chi connectivity index (χ0n) is 16.6. The molecule has 4 nitrogen and oxygen atoms in total. The highest BCUT2D eigenvalue weighted by molar-refractivity contribution is 7.14. The maximum atomic E-state index is 12.4. The normalized spacial score (nSPS) is 12.0. The van der Waals surface area contributed by atoms with Crippen LogP contribution in [0.5, 0.6) is 0 Å². The Hall–Kier alpha value is -2.21. The van der Waals surface area contributed by atoms with E-state index in [1.54, 1.807) is 11.8 Å². The van der Waals surface area contributed by atoms with Crippen LogP contribution in [0.3, 0.4) is 0 Å². The predicted octanol–water partition coefficient (Wildman–Crippen LogP) is 4.92. The van der Waals surface area contributed by atoms with Crippen LogP contribution in [0.1, 0.15) is 42.3 Å².